The lowest BCUT2D eigenvalue weighted by molar-refractivity contribution is -0.115. The summed E-state index contributed by atoms with van der Waals surface area (Å²) in [6.07, 6.45) is 1.19. The van der Waals surface area contributed by atoms with Gasteiger partial charge in [-0.15, -0.1) is 10.2 Å². The predicted octanol–water partition coefficient (Wildman–Crippen LogP) is 3.32. The minimum atomic E-state index is -0.0867. The Balaban J connectivity index is 1.88. The van der Waals surface area contributed by atoms with E-state index in [4.69, 9.17) is 4.74 Å². The summed E-state index contributed by atoms with van der Waals surface area (Å²) in [5.74, 6) is 1.26. The van der Waals surface area contributed by atoms with Gasteiger partial charge in [0.25, 0.3) is 0 Å². The van der Waals surface area contributed by atoms with Crippen molar-refractivity contribution in [3.63, 3.8) is 0 Å². The van der Waals surface area contributed by atoms with Gasteiger partial charge in [0.1, 0.15) is 10.8 Å². The average Bonchev–Trinajstić information content (AvgIpc) is 2.87. The Hall–Kier alpha value is -1.95. The fraction of sp³-hybridized carbons (Fsp3) is 0.438. The lowest BCUT2D eigenvalue weighted by Crippen LogP contribution is -2.14. The summed E-state index contributed by atoms with van der Waals surface area (Å²) >= 11 is 1.43. The van der Waals surface area contributed by atoms with Gasteiger partial charge in [-0.05, 0) is 30.5 Å². The van der Waals surface area contributed by atoms with Crippen molar-refractivity contribution in [3.05, 3.63) is 34.8 Å². The molecule has 1 N–H and O–H groups in total. The number of anilines is 1. The molecule has 0 saturated heterocycles. The van der Waals surface area contributed by atoms with Crippen molar-refractivity contribution < 1.29 is 9.53 Å². The molecule has 1 aromatic carbocycles. The molecule has 22 heavy (non-hydrogen) atoms. The summed E-state index contributed by atoms with van der Waals surface area (Å²) in [6.45, 7) is 6.84. The molecule has 0 aliphatic rings. The van der Waals surface area contributed by atoms with Crippen LogP contribution >= 0.6 is 11.3 Å². The van der Waals surface area contributed by atoms with E-state index in [-0.39, 0.29) is 5.91 Å². The smallest absolute Gasteiger partial charge is 0.230 e. The van der Waals surface area contributed by atoms with Gasteiger partial charge in [0.2, 0.25) is 11.0 Å². The number of hydrogen-bond acceptors (Lipinski definition) is 5. The molecule has 0 saturated carbocycles. The Morgan fingerprint density at radius 1 is 1.27 bits per heavy atom. The second-order valence-electron chi connectivity index (χ2n) is 5.40. The first-order valence-corrected chi connectivity index (χ1v) is 8.22. The number of hydrogen-bond donors (Lipinski definition) is 1. The molecule has 0 bridgehead atoms. The number of benzene rings is 1. The molecule has 0 fully saturated rings. The van der Waals surface area contributed by atoms with E-state index in [0.717, 1.165) is 22.7 Å². The van der Waals surface area contributed by atoms with E-state index in [2.05, 4.69) is 29.4 Å². The van der Waals surface area contributed by atoms with Crippen LogP contribution in [0.15, 0.2) is 24.3 Å². The number of aromatic nitrogens is 2. The highest BCUT2D eigenvalue weighted by Gasteiger charge is 2.10. The molecule has 5 nitrogen and oxygen atoms in total. The van der Waals surface area contributed by atoms with Crippen molar-refractivity contribution in [3.8, 4) is 5.75 Å². The van der Waals surface area contributed by atoms with Crippen LogP contribution in [-0.4, -0.2) is 22.7 Å². The normalized spacial score (nSPS) is 10.7. The Kier molecular flexibility index (Phi) is 5.89. The van der Waals surface area contributed by atoms with E-state index in [0.29, 0.717) is 24.1 Å². The van der Waals surface area contributed by atoms with E-state index < -0.39 is 0 Å². The van der Waals surface area contributed by atoms with E-state index >= 15 is 0 Å². The number of carbonyl (C=O) groups excluding carboxylic acids is 1. The van der Waals surface area contributed by atoms with Crippen molar-refractivity contribution in [2.45, 2.75) is 33.6 Å². The Morgan fingerprint density at radius 2 is 2.00 bits per heavy atom. The standard InChI is InChI=1S/C16H21N3O2S/c1-4-21-13-7-5-12(6-8-13)10-14(20)17-16-19-18-15(22-16)9-11(2)3/h5-8,11H,4,9-10H2,1-3H3,(H,17,19,20). The van der Waals surface area contributed by atoms with E-state index in [1.54, 1.807) is 0 Å². The first kappa shape index (κ1) is 16.4. The molecule has 2 aromatic rings. The maximum Gasteiger partial charge on any atom is 0.230 e. The van der Waals surface area contributed by atoms with Gasteiger partial charge in [-0.3, -0.25) is 4.79 Å². The summed E-state index contributed by atoms with van der Waals surface area (Å²) < 4.78 is 5.38. The molecule has 0 radical (unpaired) electrons. The van der Waals surface area contributed by atoms with Crippen molar-refractivity contribution in [1.82, 2.24) is 10.2 Å². The quantitative estimate of drug-likeness (QED) is 0.850. The molecule has 118 valence electrons. The summed E-state index contributed by atoms with van der Waals surface area (Å²) in [6, 6.07) is 7.54. The second kappa shape index (κ2) is 7.89. The van der Waals surface area contributed by atoms with Crippen LogP contribution in [0, 0.1) is 5.92 Å². The highest BCUT2D eigenvalue weighted by Crippen LogP contribution is 2.19. The monoisotopic (exact) mass is 319 g/mol. The first-order chi connectivity index (χ1) is 10.6. The van der Waals surface area contributed by atoms with Gasteiger partial charge in [0.05, 0.1) is 13.0 Å². The first-order valence-electron chi connectivity index (χ1n) is 7.40. The zero-order valence-corrected chi connectivity index (χ0v) is 13.9. The van der Waals surface area contributed by atoms with Crippen LogP contribution in [0.4, 0.5) is 5.13 Å². The number of rotatable bonds is 7. The predicted molar refractivity (Wildman–Crippen MR) is 88.4 cm³/mol. The Bertz CT molecular complexity index is 608. The molecule has 0 aliphatic heterocycles. The van der Waals surface area contributed by atoms with Gasteiger partial charge in [-0.2, -0.15) is 0 Å². The summed E-state index contributed by atoms with van der Waals surface area (Å²) in [7, 11) is 0. The third-order valence-electron chi connectivity index (χ3n) is 2.90. The maximum absolute atomic E-state index is 12.0. The van der Waals surface area contributed by atoms with Crippen LogP contribution in [0.1, 0.15) is 31.3 Å². The van der Waals surface area contributed by atoms with Crippen LogP contribution in [0.5, 0.6) is 5.75 Å². The van der Waals surface area contributed by atoms with Gasteiger partial charge in [0, 0.05) is 6.42 Å². The molecule has 0 atom stereocenters. The lowest BCUT2D eigenvalue weighted by atomic mass is 10.1. The molecular weight excluding hydrogens is 298 g/mol. The zero-order valence-electron chi connectivity index (χ0n) is 13.1. The molecule has 1 heterocycles. The highest BCUT2D eigenvalue weighted by molar-refractivity contribution is 7.15. The largest absolute Gasteiger partial charge is 0.494 e. The van der Waals surface area contributed by atoms with Crippen LogP contribution in [0.3, 0.4) is 0 Å². The lowest BCUT2D eigenvalue weighted by Gasteiger charge is -2.05. The minimum Gasteiger partial charge on any atom is -0.494 e. The molecule has 0 spiro atoms. The van der Waals surface area contributed by atoms with Crippen LogP contribution in [-0.2, 0) is 17.6 Å². The van der Waals surface area contributed by atoms with Crippen molar-refractivity contribution in [2.24, 2.45) is 5.92 Å². The number of carbonyl (C=O) groups is 1. The van der Waals surface area contributed by atoms with E-state index in [9.17, 15) is 4.79 Å². The third-order valence-corrected chi connectivity index (χ3v) is 3.76. The maximum atomic E-state index is 12.0. The molecule has 0 unspecified atom stereocenters. The summed E-state index contributed by atoms with van der Waals surface area (Å²) in [5, 5.41) is 12.4. The van der Waals surface area contributed by atoms with Gasteiger partial charge < -0.3 is 10.1 Å². The third kappa shape index (κ3) is 5.11. The van der Waals surface area contributed by atoms with Gasteiger partial charge in [-0.25, -0.2) is 0 Å². The summed E-state index contributed by atoms with van der Waals surface area (Å²) in [5.41, 5.74) is 0.938. The number of amides is 1. The van der Waals surface area contributed by atoms with E-state index in [1.807, 2.05) is 31.2 Å². The number of nitrogens with zero attached hydrogens (tertiary/aromatic N) is 2. The molecule has 1 amide bonds. The van der Waals surface area contributed by atoms with Crippen molar-refractivity contribution in [2.75, 3.05) is 11.9 Å². The van der Waals surface area contributed by atoms with Gasteiger partial charge in [0.15, 0.2) is 0 Å². The molecule has 1 aromatic heterocycles. The van der Waals surface area contributed by atoms with Crippen LogP contribution in [0.2, 0.25) is 0 Å². The van der Waals surface area contributed by atoms with Crippen LogP contribution < -0.4 is 10.1 Å². The zero-order chi connectivity index (χ0) is 15.9. The summed E-state index contributed by atoms with van der Waals surface area (Å²) in [4.78, 5) is 12.0. The second-order valence-corrected chi connectivity index (χ2v) is 6.46. The van der Waals surface area contributed by atoms with E-state index in [1.165, 1.54) is 11.3 Å². The fourth-order valence-corrected chi connectivity index (χ4v) is 2.92. The number of nitrogens with one attached hydrogen (secondary N) is 1. The minimum absolute atomic E-state index is 0.0867. The molecule has 6 heteroatoms. The van der Waals surface area contributed by atoms with Crippen molar-refractivity contribution >= 4 is 22.4 Å². The topological polar surface area (TPSA) is 64.1 Å². The molecule has 2 rings (SSSR count). The Labute approximate surface area is 134 Å². The van der Waals surface area contributed by atoms with Gasteiger partial charge in [-0.1, -0.05) is 37.3 Å². The fourth-order valence-electron chi connectivity index (χ4n) is 1.95. The van der Waals surface area contributed by atoms with Gasteiger partial charge >= 0.3 is 0 Å². The Morgan fingerprint density at radius 3 is 2.64 bits per heavy atom. The SMILES string of the molecule is CCOc1ccc(CC(=O)Nc2nnc(CC(C)C)s2)cc1. The average molecular weight is 319 g/mol. The molecule has 0 aliphatic carbocycles. The van der Waals surface area contributed by atoms with Crippen molar-refractivity contribution in [1.29, 1.82) is 0 Å². The molecular formula is C16H21N3O2S. The highest BCUT2D eigenvalue weighted by atomic mass is 32.1. The number of ether oxygens (including phenoxy) is 1. The van der Waals surface area contributed by atoms with Crippen LogP contribution in [0.25, 0.3) is 0 Å².